The van der Waals surface area contributed by atoms with Crippen LogP contribution in [0.15, 0.2) is 35.2 Å². The van der Waals surface area contributed by atoms with Gasteiger partial charge in [0.2, 0.25) is 10.0 Å². The van der Waals surface area contributed by atoms with E-state index in [1.165, 1.54) is 34.8 Å². The molecule has 2 aromatic rings. The lowest BCUT2D eigenvalue weighted by molar-refractivity contribution is 0.399. The molecule has 2 rings (SSSR count). The van der Waals surface area contributed by atoms with Crippen molar-refractivity contribution in [3.63, 3.8) is 0 Å². The number of thiophene rings is 1. The van der Waals surface area contributed by atoms with E-state index in [2.05, 4.69) is 0 Å². The summed E-state index contributed by atoms with van der Waals surface area (Å²) in [6, 6.07) is 7.04. The average Bonchev–Trinajstić information content (AvgIpc) is 2.83. The molecule has 7 heteroatoms. The number of rotatable bonds is 4. The fourth-order valence-corrected chi connectivity index (χ4v) is 4.37. The van der Waals surface area contributed by atoms with Crippen LogP contribution in [-0.2, 0) is 10.0 Å². The molecule has 1 atom stereocenters. The fraction of sp³-hybridized carbons (Fsp3) is 0.286. The zero-order chi connectivity index (χ0) is 15.8. The summed E-state index contributed by atoms with van der Waals surface area (Å²) in [7, 11) is -2.47. The Morgan fingerprint density at radius 2 is 1.95 bits per heavy atom. The lowest BCUT2D eigenvalue weighted by Gasteiger charge is -2.23. The van der Waals surface area contributed by atoms with Crippen LogP contribution in [0, 0.1) is 12.7 Å². The summed E-state index contributed by atoms with van der Waals surface area (Å²) >= 11 is 1.52. The summed E-state index contributed by atoms with van der Waals surface area (Å²) in [6.07, 6.45) is 0. The van der Waals surface area contributed by atoms with Crippen LogP contribution < -0.4 is 5.73 Å². The van der Waals surface area contributed by atoms with Crippen molar-refractivity contribution in [2.24, 2.45) is 0 Å². The lowest BCUT2D eigenvalue weighted by Crippen LogP contribution is -2.30. The Morgan fingerprint density at radius 1 is 1.29 bits per heavy atom. The number of halogens is 1. The topological polar surface area (TPSA) is 63.4 Å². The molecule has 0 saturated heterocycles. The number of benzene rings is 1. The average molecular weight is 328 g/mol. The zero-order valence-electron chi connectivity index (χ0n) is 12.0. The van der Waals surface area contributed by atoms with Gasteiger partial charge in [0.15, 0.2) is 0 Å². The molecule has 0 bridgehead atoms. The molecule has 21 heavy (non-hydrogen) atoms. The molecular weight excluding hydrogens is 311 g/mol. The van der Waals surface area contributed by atoms with E-state index >= 15 is 0 Å². The highest BCUT2D eigenvalue weighted by molar-refractivity contribution is 7.89. The summed E-state index contributed by atoms with van der Waals surface area (Å²) in [6.45, 7) is 3.73. The summed E-state index contributed by atoms with van der Waals surface area (Å²) in [5, 5.41) is 0. The molecule has 1 aromatic carbocycles. The van der Waals surface area contributed by atoms with Crippen molar-refractivity contribution < 1.29 is 12.8 Å². The number of anilines is 1. The van der Waals surface area contributed by atoms with Gasteiger partial charge in [-0.3, -0.25) is 0 Å². The molecule has 0 spiro atoms. The van der Waals surface area contributed by atoms with Gasteiger partial charge in [0.25, 0.3) is 0 Å². The lowest BCUT2D eigenvalue weighted by atomic mass is 10.3. The first-order valence-electron chi connectivity index (χ1n) is 6.33. The fourth-order valence-electron chi connectivity index (χ4n) is 1.95. The van der Waals surface area contributed by atoms with E-state index < -0.39 is 15.8 Å². The monoisotopic (exact) mass is 328 g/mol. The third-order valence-corrected chi connectivity index (χ3v) is 6.46. The highest BCUT2D eigenvalue weighted by Crippen LogP contribution is 2.31. The highest BCUT2D eigenvalue weighted by Gasteiger charge is 2.29. The van der Waals surface area contributed by atoms with E-state index in [1.54, 1.807) is 6.92 Å². The Balaban J connectivity index is 2.38. The molecule has 0 aliphatic heterocycles. The highest BCUT2D eigenvalue weighted by atomic mass is 32.2. The van der Waals surface area contributed by atoms with Gasteiger partial charge in [-0.25, -0.2) is 12.8 Å². The summed E-state index contributed by atoms with van der Waals surface area (Å²) < 4.78 is 40.1. The van der Waals surface area contributed by atoms with Crippen molar-refractivity contribution in [2.75, 3.05) is 12.8 Å². The number of nitrogens with two attached hydrogens (primary N) is 1. The van der Waals surface area contributed by atoms with Crippen LogP contribution in [0.5, 0.6) is 0 Å². The largest absolute Gasteiger partial charge is 0.399 e. The van der Waals surface area contributed by atoms with Gasteiger partial charge in [-0.1, -0.05) is 0 Å². The Hall–Kier alpha value is -1.44. The third-order valence-electron chi connectivity index (χ3n) is 3.33. The van der Waals surface area contributed by atoms with Crippen LogP contribution >= 0.6 is 11.3 Å². The van der Waals surface area contributed by atoms with Crippen LogP contribution in [0.2, 0.25) is 0 Å². The van der Waals surface area contributed by atoms with E-state index in [1.807, 2.05) is 19.1 Å². The minimum absolute atomic E-state index is 0.191. The second-order valence-corrected chi connectivity index (χ2v) is 8.12. The van der Waals surface area contributed by atoms with Gasteiger partial charge in [0.1, 0.15) is 10.7 Å². The van der Waals surface area contributed by atoms with Crippen molar-refractivity contribution in [1.82, 2.24) is 4.31 Å². The predicted molar refractivity (Wildman–Crippen MR) is 83.2 cm³/mol. The molecule has 114 valence electrons. The van der Waals surface area contributed by atoms with Crippen molar-refractivity contribution in [2.45, 2.75) is 24.8 Å². The standard InChI is InChI=1S/C14H17FN2O2S2/c1-9-4-6-13(20-9)10(2)17(3)21(18,19)14-7-5-11(16)8-12(14)15/h4-8,10H,16H2,1-3H3. The normalized spacial score (nSPS) is 13.6. The number of aryl methyl sites for hydroxylation is 1. The van der Waals surface area contributed by atoms with E-state index in [9.17, 15) is 12.8 Å². The minimum atomic E-state index is -3.92. The number of hydrogen-bond acceptors (Lipinski definition) is 4. The van der Waals surface area contributed by atoms with Crippen LogP contribution in [0.1, 0.15) is 22.7 Å². The van der Waals surface area contributed by atoms with Gasteiger partial charge in [-0.2, -0.15) is 4.31 Å². The van der Waals surface area contributed by atoms with Gasteiger partial charge in [-0.15, -0.1) is 11.3 Å². The van der Waals surface area contributed by atoms with E-state index in [0.717, 1.165) is 15.8 Å². The van der Waals surface area contributed by atoms with Crippen LogP contribution in [0.25, 0.3) is 0 Å². The molecule has 4 nitrogen and oxygen atoms in total. The maximum atomic E-state index is 13.9. The molecule has 0 radical (unpaired) electrons. The first kappa shape index (κ1) is 15.9. The predicted octanol–water partition coefficient (Wildman–Crippen LogP) is 3.16. The molecule has 1 aromatic heterocycles. The molecule has 1 unspecified atom stereocenters. The van der Waals surface area contributed by atoms with Gasteiger partial charge in [-0.05, 0) is 44.2 Å². The van der Waals surface area contributed by atoms with Gasteiger partial charge < -0.3 is 5.73 Å². The summed E-state index contributed by atoms with van der Waals surface area (Å²) in [4.78, 5) is 1.65. The van der Waals surface area contributed by atoms with Gasteiger partial charge in [0.05, 0.1) is 6.04 Å². The van der Waals surface area contributed by atoms with Crippen LogP contribution in [-0.4, -0.2) is 19.8 Å². The second-order valence-electron chi connectivity index (χ2n) is 4.84. The molecule has 1 heterocycles. The van der Waals surface area contributed by atoms with E-state index in [4.69, 9.17) is 5.73 Å². The maximum absolute atomic E-state index is 13.9. The first-order valence-corrected chi connectivity index (χ1v) is 8.58. The molecule has 0 saturated carbocycles. The van der Waals surface area contributed by atoms with Crippen LogP contribution in [0.4, 0.5) is 10.1 Å². The molecular formula is C14H17FN2O2S2. The molecule has 0 aliphatic carbocycles. The minimum Gasteiger partial charge on any atom is -0.399 e. The van der Waals surface area contributed by atoms with Gasteiger partial charge >= 0.3 is 0 Å². The quantitative estimate of drug-likeness (QED) is 0.877. The molecule has 0 aliphatic rings. The van der Waals surface area contributed by atoms with Crippen molar-refractivity contribution in [3.05, 3.63) is 45.9 Å². The molecule has 0 amide bonds. The Kier molecular flexibility index (Phi) is 4.36. The van der Waals surface area contributed by atoms with Gasteiger partial charge in [0, 0.05) is 22.5 Å². The number of nitrogens with zero attached hydrogens (tertiary/aromatic N) is 1. The number of nitrogen functional groups attached to an aromatic ring is 1. The second kappa shape index (κ2) is 5.75. The van der Waals surface area contributed by atoms with E-state index in [0.29, 0.717) is 0 Å². The van der Waals surface area contributed by atoms with E-state index in [-0.39, 0.29) is 16.6 Å². The first-order chi connectivity index (χ1) is 9.73. The SMILES string of the molecule is Cc1ccc(C(C)N(C)S(=O)(=O)c2ccc(N)cc2F)s1. The molecule has 2 N–H and O–H groups in total. The smallest absolute Gasteiger partial charge is 0.246 e. The summed E-state index contributed by atoms with van der Waals surface area (Å²) in [5.41, 5.74) is 5.64. The van der Waals surface area contributed by atoms with Crippen molar-refractivity contribution in [1.29, 1.82) is 0 Å². The van der Waals surface area contributed by atoms with Crippen molar-refractivity contribution >= 4 is 27.0 Å². The van der Waals surface area contributed by atoms with Crippen molar-refractivity contribution in [3.8, 4) is 0 Å². The maximum Gasteiger partial charge on any atom is 0.246 e. The molecule has 0 fully saturated rings. The Morgan fingerprint density at radius 3 is 2.48 bits per heavy atom. The Bertz CT molecular complexity index is 756. The third kappa shape index (κ3) is 3.09. The summed E-state index contributed by atoms with van der Waals surface area (Å²) in [5.74, 6) is -0.837. The number of hydrogen-bond donors (Lipinski definition) is 1. The van der Waals surface area contributed by atoms with Crippen LogP contribution in [0.3, 0.4) is 0 Å². The zero-order valence-corrected chi connectivity index (χ0v) is 13.6. The Labute approximate surface area is 128 Å². The number of sulfonamides is 1.